The first-order valence-corrected chi connectivity index (χ1v) is 8.01. The van der Waals surface area contributed by atoms with Gasteiger partial charge in [0.2, 0.25) is 11.6 Å². The molecule has 7 heteroatoms. The normalized spacial score (nSPS) is 11.2. The summed E-state index contributed by atoms with van der Waals surface area (Å²) in [5.74, 6) is 1.94. The van der Waals surface area contributed by atoms with E-state index < -0.39 is 0 Å². The van der Waals surface area contributed by atoms with Gasteiger partial charge in [0.05, 0.1) is 11.2 Å². The summed E-state index contributed by atoms with van der Waals surface area (Å²) in [5, 5.41) is 13.7. The maximum absolute atomic E-state index is 9.09. The van der Waals surface area contributed by atoms with Crippen molar-refractivity contribution in [3.05, 3.63) is 58.8 Å². The predicted molar refractivity (Wildman–Crippen MR) is 95.7 cm³/mol. The Bertz CT molecular complexity index is 950. The van der Waals surface area contributed by atoms with Crippen molar-refractivity contribution in [1.29, 1.82) is 5.26 Å². The minimum absolute atomic E-state index is 0.0786. The van der Waals surface area contributed by atoms with Crippen molar-refractivity contribution in [3.8, 4) is 17.4 Å². The summed E-state index contributed by atoms with van der Waals surface area (Å²) in [6.07, 6.45) is 1.49. The van der Waals surface area contributed by atoms with Crippen LogP contribution in [0.4, 0.5) is 5.88 Å². The average Bonchev–Trinajstić information content (AvgIpc) is 3.22. The third-order valence-electron chi connectivity index (χ3n) is 3.37. The Morgan fingerprint density at radius 3 is 2.76 bits per heavy atom. The second-order valence-corrected chi connectivity index (χ2v) is 5.96. The highest BCUT2D eigenvalue weighted by molar-refractivity contribution is 6.33. The van der Waals surface area contributed by atoms with Gasteiger partial charge in [0.15, 0.2) is 0 Å². The number of nitrogens with one attached hydrogen (secondary N) is 1. The van der Waals surface area contributed by atoms with Gasteiger partial charge in [-0.05, 0) is 24.3 Å². The zero-order valence-corrected chi connectivity index (χ0v) is 14.4. The van der Waals surface area contributed by atoms with E-state index in [9.17, 15) is 0 Å². The number of anilines is 1. The number of rotatable bonds is 5. The fourth-order valence-electron chi connectivity index (χ4n) is 2.12. The van der Waals surface area contributed by atoms with E-state index in [1.165, 1.54) is 6.21 Å². The minimum atomic E-state index is 0.0786. The van der Waals surface area contributed by atoms with Crippen molar-refractivity contribution in [2.75, 3.05) is 5.43 Å². The molecule has 126 valence electrons. The van der Waals surface area contributed by atoms with E-state index in [1.807, 2.05) is 44.2 Å². The lowest BCUT2D eigenvalue weighted by atomic mass is 10.2. The molecule has 0 atom stereocenters. The molecule has 3 aromatic rings. The highest BCUT2D eigenvalue weighted by atomic mass is 35.5. The van der Waals surface area contributed by atoms with Crippen LogP contribution in [0.3, 0.4) is 0 Å². The number of nitrogens with zero attached hydrogens (tertiary/aromatic N) is 3. The molecule has 0 saturated heterocycles. The number of furan rings is 1. The number of aromatic nitrogens is 1. The monoisotopic (exact) mass is 354 g/mol. The zero-order chi connectivity index (χ0) is 17.8. The van der Waals surface area contributed by atoms with E-state index in [4.69, 9.17) is 25.7 Å². The predicted octanol–water partition coefficient (Wildman–Crippen LogP) is 5.03. The van der Waals surface area contributed by atoms with E-state index in [0.29, 0.717) is 22.4 Å². The van der Waals surface area contributed by atoms with Crippen LogP contribution >= 0.6 is 11.6 Å². The molecule has 0 spiro atoms. The van der Waals surface area contributed by atoms with Gasteiger partial charge in [-0.2, -0.15) is 10.4 Å². The van der Waals surface area contributed by atoms with E-state index in [-0.39, 0.29) is 17.5 Å². The van der Waals surface area contributed by atoms with Crippen LogP contribution in [0, 0.1) is 11.3 Å². The quantitative estimate of drug-likeness (QED) is 0.513. The molecule has 2 heterocycles. The molecule has 1 aromatic carbocycles. The second kappa shape index (κ2) is 7.24. The Morgan fingerprint density at radius 1 is 1.24 bits per heavy atom. The molecule has 25 heavy (non-hydrogen) atoms. The summed E-state index contributed by atoms with van der Waals surface area (Å²) in [6, 6.07) is 13.0. The maximum Gasteiger partial charge on any atom is 0.252 e. The summed E-state index contributed by atoms with van der Waals surface area (Å²) in [6.45, 7) is 3.86. The van der Waals surface area contributed by atoms with Gasteiger partial charge in [0, 0.05) is 11.5 Å². The first kappa shape index (κ1) is 16.8. The molecule has 0 aliphatic rings. The number of oxazole rings is 1. The molecule has 0 unspecified atom stereocenters. The fraction of sp³-hybridized carbons (Fsp3) is 0.167. The molecule has 0 bridgehead atoms. The summed E-state index contributed by atoms with van der Waals surface area (Å²) in [7, 11) is 0. The van der Waals surface area contributed by atoms with Crippen LogP contribution in [-0.4, -0.2) is 11.2 Å². The molecular weight excluding hydrogens is 340 g/mol. The van der Waals surface area contributed by atoms with Gasteiger partial charge in [0.25, 0.3) is 5.88 Å². The first-order chi connectivity index (χ1) is 12.1. The Morgan fingerprint density at radius 2 is 2.04 bits per heavy atom. The van der Waals surface area contributed by atoms with Crippen LogP contribution in [0.1, 0.15) is 37.1 Å². The molecule has 0 fully saturated rings. The topological polar surface area (TPSA) is 87.4 Å². The molecule has 0 radical (unpaired) electrons. The maximum atomic E-state index is 9.09. The van der Waals surface area contributed by atoms with Gasteiger partial charge >= 0.3 is 0 Å². The van der Waals surface area contributed by atoms with Crippen molar-refractivity contribution in [2.24, 2.45) is 5.10 Å². The van der Waals surface area contributed by atoms with Crippen molar-refractivity contribution in [3.63, 3.8) is 0 Å². The lowest BCUT2D eigenvalue weighted by Gasteiger charge is -1.99. The summed E-state index contributed by atoms with van der Waals surface area (Å²) in [4.78, 5) is 4.11. The molecule has 3 rings (SSSR count). The van der Waals surface area contributed by atoms with Crippen LogP contribution in [-0.2, 0) is 0 Å². The first-order valence-electron chi connectivity index (χ1n) is 7.63. The standard InChI is InChI=1S/C18H15ClN4O2/c1-11(2)17-22-15(9-20)18(25-17)23-21-10-12-7-8-16(24-12)13-5-3-4-6-14(13)19/h3-8,10-11,23H,1-2H3. The van der Waals surface area contributed by atoms with Crippen LogP contribution in [0.2, 0.25) is 5.02 Å². The number of hydrazone groups is 1. The van der Waals surface area contributed by atoms with Crippen molar-refractivity contribution in [1.82, 2.24) is 4.98 Å². The Balaban J connectivity index is 1.74. The Kier molecular flexibility index (Phi) is 4.87. The Hall–Kier alpha value is -3.04. The number of hydrogen-bond acceptors (Lipinski definition) is 6. The molecule has 0 saturated carbocycles. The van der Waals surface area contributed by atoms with Gasteiger partial charge in [-0.3, -0.25) is 0 Å². The number of benzene rings is 1. The highest BCUT2D eigenvalue weighted by Crippen LogP contribution is 2.28. The summed E-state index contributed by atoms with van der Waals surface area (Å²) >= 11 is 6.16. The lowest BCUT2D eigenvalue weighted by molar-refractivity contribution is 0.481. The fourth-order valence-corrected chi connectivity index (χ4v) is 2.35. The number of nitriles is 1. The Labute approximate surface area is 149 Å². The van der Waals surface area contributed by atoms with E-state index in [2.05, 4.69) is 15.5 Å². The number of hydrogen-bond donors (Lipinski definition) is 1. The second-order valence-electron chi connectivity index (χ2n) is 5.55. The van der Waals surface area contributed by atoms with Crippen molar-refractivity contribution < 1.29 is 8.83 Å². The molecule has 6 nitrogen and oxygen atoms in total. The smallest absolute Gasteiger partial charge is 0.252 e. The van der Waals surface area contributed by atoms with Gasteiger partial charge < -0.3 is 8.83 Å². The van der Waals surface area contributed by atoms with Crippen molar-refractivity contribution in [2.45, 2.75) is 19.8 Å². The van der Waals surface area contributed by atoms with E-state index >= 15 is 0 Å². The third-order valence-corrected chi connectivity index (χ3v) is 3.70. The molecule has 0 amide bonds. The average molecular weight is 355 g/mol. The van der Waals surface area contributed by atoms with Gasteiger partial charge in [0.1, 0.15) is 17.6 Å². The van der Waals surface area contributed by atoms with Crippen LogP contribution in [0.25, 0.3) is 11.3 Å². The number of halogens is 1. The lowest BCUT2D eigenvalue weighted by Crippen LogP contribution is -1.90. The minimum Gasteiger partial charge on any atom is -0.455 e. The van der Waals surface area contributed by atoms with Crippen LogP contribution < -0.4 is 5.43 Å². The molecule has 1 N–H and O–H groups in total. The van der Waals surface area contributed by atoms with Crippen LogP contribution in [0.5, 0.6) is 0 Å². The highest BCUT2D eigenvalue weighted by Gasteiger charge is 2.14. The summed E-state index contributed by atoms with van der Waals surface area (Å²) in [5.41, 5.74) is 3.65. The van der Waals surface area contributed by atoms with Gasteiger partial charge in [-0.1, -0.05) is 37.6 Å². The largest absolute Gasteiger partial charge is 0.455 e. The zero-order valence-electron chi connectivity index (χ0n) is 13.7. The van der Waals surface area contributed by atoms with Gasteiger partial charge in [-0.25, -0.2) is 10.4 Å². The molecule has 2 aromatic heterocycles. The van der Waals surface area contributed by atoms with Crippen LogP contribution in [0.15, 0.2) is 50.3 Å². The SMILES string of the molecule is CC(C)c1nc(C#N)c(NN=Cc2ccc(-c3ccccc3Cl)o2)o1. The third kappa shape index (κ3) is 3.73. The summed E-state index contributed by atoms with van der Waals surface area (Å²) < 4.78 is 11.2. The molecule has 0 aliphatic heterocycles. The molecule has 0 aliphatic carbocycles. The van der Waals surface area contributed by atoms with Crippen molar-refractivity contribution >= 4 is 23.7 Å². The molecular formula is C18H15ClN4O2. The van der Waals surface area contributed by atoms with E-state index in [1.54, 1.807) is 12.1 Å². The van der Waals surface area contributed by atoms with Gasteiger partial charge in [-0.15, -0.1) is 0 Å². The van der Waals surface area contributed by atoms with E-state index in [0.717, 1.165) is 5.56 Å².